The minimum atomic E-state index is 0.653. The van der Waals surface area contributed by atoms with Crippen molar-refractivity contribution in [2.24, 2.45) is 0 Å². The van der Waals surface area contributed by atoms with Crippen LogP contribution in [0.15, 0.2) is 46.9 Å². The van der Waals surface area contributed by atoms with Crippen LogP contribution in [0.3, 0.4) is 0 Å². The van der Waals surface area contributed by atoms with Crippen molar-refractivity contribution in [3.8, 4) is 5.75 Å². The summed E-state index contributed by atoms with van der Waals surface area (Å²) in [6, 6.07) is 14.3. The van der Waals surface area contributed by atoms with Gasteiger partial charge in [-0.05, 0) is 49.2 Å². The van der Waals surface area contributed by atoms with Crippen LogP contribution in [0.4, 0.5) is 5.69 Å². The van der Waals surface area contributed by atoms with Crippen LogP contribution in [-0.2, 0) is 6.54 Å². The van der Waals surface area contributed by atoms with E-state index in [1.54, 1.807) is 7.11 Å². The Morgan fingerprint density at radius 2 is 1.90 bits per heavy atom. The fourth-order valence-electron chi connectivity index (χ4n) is 2.38. The fraction of sp³-hybridized carbons (Fsp3) is 0.222. The molecule has 0 amide bonds. The van der Waals surface area contributed by atoms with Crippen LogP contribution in [0, 0.1) is 13.8 Å². The Bertz CT molecular complexity index is 774. The molecule has 0 saturated carbocycles. The number of hydrogen-bond acceptors (Lipinski definition) is 3. The van der Waals surface area contributed by atoms with E-state index in [1.807, 2.05) is 24.3 Å². The highest BCUT2D eigenvalue weighted by Crippen LogP contribution is 2.28. The first-order chi connectivity index (χ1) is 10.2. The minimum absolute atomic E-state index is 0.653. The van der Waals surface area contributed by atoms with Crippen LogP contribution in [0.5, 0.6) is 5.75 Å². The Balaban J connectivity index is 1.80. The molecular weight excluding hydrogens is 262 g/mol. The van der Waals surface area contributed by atoms with Gasteiger partial charge in [0.1, 0.15) is 5.76 Å². The lowest BCUT2D eigenvalue weighted by molar-refractivity contribution is 0.408. The van der Waals surface area contributed by atoms with Crippen LogP contribution in [-0.4, -0.2) is 7.11 Å². The van der Waals surface area contributed by atoms with Gasteiger partial charge in [-0.3, -0.25) is 0 Å². The van der Waals surface area contributed by atoms with Gasteiger partial charge in [0.05, 0.1) is 13.7 Å². The van der Waals surface area contributed by atoms with Gasteiger partial charge in [-0.25, -0.2) is 0 Å². The number of methoxy groups -OCH3 is 1. The zero-order valence-corrected chi connectivity index (χ0v) is 12.6. The van der Waals surface area contributed by atoms with Crippen LogP contribution in [0.2, 0.25) is 0 Å². The summed E-state index contributed by atoms with van der Waals surface area (Å²) in [5.74, 6) is 1.66. The van der Waals surface area contributed by atoms with E-state index in [2.05, 4.69) is 37.4 Å². The molecule has 108 valence electrons. The highest BCUT2D eigenvalue weighted by Gasteiger charge is 2.08. The molecule has 0 aliphatic carbocycles. The zero-order valence-electron chi connectivity index (χ0n) is 12.6. The van der Waals surface area contributed by atoms with Gasteiger partial charge in [-0.1, -0.05) is 18.2 Å². The maximum Gasteiger partial charge on any atom is 0.176 e. The number of fused-ring (bicyclic) bond motifs is 1. The average molecular weight is 281 g/mol. The fourth-order valence-corrected chi connectivity index (χ4v) is 2.38. The lowest BCUT2D eigenvalue weighted by Gasteiger charge is -2.07. The molecule has 3 nitrogen and oxygen atoms in total. The molecule has 0 unspecified atom stereocenters. The molecule has 0 fully saturated rings. The third-order valence-electron chi connectivity index (χ3n) is 3.75. The molecule has 1 aromatic heterocycles. The molecule has 0 atom stereocenters. The van der Waals surface area contributed by atoms with E-state index >= 15 is 0 Å². The molecule has 0 radical (unpaired) electrons. The van der Waals surface area contributed by atoms with Crippen molar-refractivity contribution in [3.05, 3.63) is 59.4 Å². The lowest BCUT2D eigenvalue weighted by Crippen LogP contribution is -1.98. The largest absolute Gasteiger partial charge is 0.493 e. The number of furan rings is 1. The summed E-state index contributed by atoms with van der Waals surface area (Å²) in [5, 5.41) is 4.45. The highest BCUT2D eigenvalue weighted by molar-refractivity contribution is 5.83. The molecule has 1 heterocycles. The van der Waals surface area contributed by atoms with E-state index in [-0.39, 0.29) is 0 Å². The maximum absolute atomic E-state index is 5.88. The van der Waals surface area contributed by atoms with Crippen LogP contribution >= 0.6 is 0 Å². The number of nitrogens with one attached hydrogen (secondary N) is 1. The quantitative estimate of drug-likeness (QED) is 0.754. The second kappa shape index (κ2) is 5.52. The first-order valence-electron chi connectivity index (χ1n) is 7.04. The van der Waals surface area contributed by atoms with Crippen LogP contribution < -0.4 is 10.1 Å². The summed E-state index contributed by atoms with van der Waals surface area (Å²) in [5.41, 5.74) is 4.49. The Morgan fingerprint density at radius 3 is 2.67 bits per heavy atom. The van der Waals surface area contributed by atoms with Crippen LogP contribution in [0.25, 0.3) is 11.0 Å². The van der Waals surface area contributed by atoms with E-state index < -0.39 is 0 Å². The standard InChI is InChI=1S/C18H19NO2/c1-12-7-8-15(9-13(12)2)19-11-16-10-14-5-4-6-17(20-3)18(14)21-16/h4-10,19H,11H2,1-3H3. The summed E-state index contributed by atoms with van der Waals surface area (Å²) in [6.07, 6.45) is 0. The van der Waals surface area contributed by atoms with Crippen molar-refractivity contribution in [1.29, 1.82) is 0 Å². The van der Waals surface area contributed by atoms with Crippen molar-refractivity contribution in [3.63, 3.8) is 0 Å². The second-order valence-corrected chi connectivity index (χ2v) is 5.24. The van der Waals surface area contributed by atoms with E-state index in [1.165, 1.54) is 11.1 Å². The third kappa shape index (κ3) is 2.72. The molecule has 0 aliphatic heterocycles. The molecule has 0 bridgehead atoms. The van der Waals surface area contributed by atoms with Gasteiger partial charge in [0.2, 0.25) is 0 Å². The van der Waals surface area contributed by atoms with E-state index in [0.29, 0.717) is 6.54 Å². The summed E-state index contributed by atoms with van der Waals surface area (Å²) >= 11 is 0. The molecule has 0 saturated heterocycles. The SMILES string of the molecule is COc1cccc2cc(CNc3ccc(C)c(C)c3)oc12. The molecule has 21 heavy (non-hydrogen) atoms. The van der Waals surface area contributed by atoms with Crippen molar-refractivity contribution < 1.29 is 9.15 Å². The molecule has 1 N–H and O–H groups in total. The van der Waals surface area contributed by atoms with Crippen molar-refractivity contribution >= 4 is 16.7 Å². The first-order valence-corrected chi connectivity index (χ1v) is 7.04. The number of anilines is 1. The first kappa shape index (κ1) is 13.6. The molecule has 0 spiro atoms. The molecule has 3 aromatic rings. The monoisotopic (exact) mass is 281 g/mol. The topological polar surface area (TPSA) is 34.4 Å². The van der Waals surface area contributed by atoms with Crippen molar-refractivity contribution in [2.45, 2.75) is 20.4 Å². The summed E-state index contributed by atoms with van der Waals surface area (Å²) in [7, 11) is 1.66. The number of benzene rings is 2. The number of rotatable bonds is 4. The predicted octanol–water partition coefficient (Wildman–Crippen LogP) is 4.67. The smallest absolute Gasteiger partial charge is 0.176 e. The summed E-state index contributed by atoms with van der Waals surface area (Å²) in [6.45, 7) is 4.89. The lowest BCUT2D eigenvalue weighted by atomic mass is 10.1. The third-order valence-corrected chi connectivity index (χ3v) is 3.75. The van der Waals surface area contributed by atoms with Crippen molar-refractivity contribution in [2.75, 3.05) is 12.4 Å². The maximum atomic E-state index is 5.88. The van der Waals surface area contributed by atoms with E-state index in [4.69, 9.17) is 9.15 Å². The molecule has 0 aliphatic rings. The van der Waals surface area contributed by atoms with Crippen LogP contribution in [0.1, 0.15) is 16.9 Å². The minimum Gasteiger partial charge on any atom is -0.493 e. The average Bonchev–Trinajstić information content (AvgIpc) is 2.91. The second-order valence-electron chi connectivity index (χ2n) is 5.24. The number of hydrogen-bond donors (Lipinski definition) is 1. The Kier molecular flexibility index (Phi) is 3.57. The van der Waals surface area contributed by atoms with Gasteiger partial charge in [0.15, 0.2) is 11.3 Å². The number of aryl methyl sites for hydroxylation is 2. The van der Waals surface area contributed by atoms with E-state index in [9.17, 15) is 0 Å². The van der Waals surface area contributed by atoms with E-state index in [0.717, 1.165) is 28.2 Å². The Morgan fingerprint density at radius 1 is 1.05 bits per heavy atom. The van der Waals surface area contributed by atoms with Gasteiger partial charge in [0, 0.05) is 11.1 Å². The van der Waals surface area contributed by atoms with Crippen molar-refractivity contribution in [1.82, 2.24) is 0 Å². The van der Waals surface area contributed by atoms with Gasteiger partial charge >= 0.3 is 0 Å². The van der Waals surface area contributed by atoms with Gasteiger partial charge in [0.25, 0.3) is 0 Å². The number of para-hydroxylation sites is 1. The molecule has 3 heteroatoms. The normalized spacial score (nSPS) is 10.8. The predicted molar refractivity (Wildman–Crippen MR) is 86.0 cm³/mol. The summed E-state index contributed by atoms with van der Waals surface area (Å²) < 4.78 is 11.2. The van der Waals surface area contributed by atoms with Gasteiger partial charge < -0.3 is 14.5 Å². The molecule has 3 rings (SSSR count). The molecule has 2 aromatic carbocycles. The van der Waals surface area contributed by atoms with Gasteiger partial charge in [-0.15, -0.1) is 0 Å². The Labute approximate surface area is 124 Å². The zero-order chi connectivity index (χ0) is 14.8. The van der Waals surface area contributed by atoms with Gasteiger partial charge in [-0.2, -0.15) is 0 Å². The molecular formula is C18H19NO2. The Hall–Kier alpha value is -2.42. The highest BCUT2D eigenvalue weighted by atomic mass is 16.5. The number of ether oxygens (including phenoxy) is 1. The summed E-state index contributed by atoms with van der Waals surface area (Å²) in [4.78, 5) is 0.